The van der Waals surface area contributed by atoms with Crippen LogP contribution in [0.4, 0.5) is 5.69 Å². The van der Waals surface area contributed by atoms with Gasteiger partial charge in [-0.05, 0) is 6.07 Å². The maximum Gasteiger partial charge on any atom is 0.335 e. The van der Waals surface area contributed by atoms with Crippen molar-refractivity contribution in [2.45, 2.75) is 13.8 Å². The molecule has 82 valence electrons. The fourth-order valence-corrected chi connectivity index (χ4v) is 1.28. The maximum absolute atomic E-state index is 10.5. The van der Waals surface area contributed by atoms with Crippen molar-refractivity contribution in [1.29, 1.82) is 0 Å². The molecule has 15 heavy (non-hydrogen) atoms. The van der Waals surface area contributed by atoms with Crippen molar-refractivity contribution in [1.82, 2.24) is 0 Å². The third kappa shape index (κ3) is 4.07. The summed E-state index contributed by atoms with van der Waals surface area (Å²) in [6.45, 7) is 4.00. The molecule has 0 atom stereocenters. The minimum atomic E-state index is -1.19. The molecule has 1 N–H and O–H groups in total. The van der Waals surface area contributed by atoms with Gasteiger partial charge in [0.25, 0.3) is 5.69 Å². The summed E-state index contributed by atoms with van der Waals surface area (Å²) < 4.78 is 0.374. The molecule has 1 aromatic carbocycles. The van der Waals surface area contributed by atoms with Gasteiger partial charge in [0, 0.05) is 16.6 Å². The zero-order valence-electron chi connectivity index (χ0n) is 8.23. The van der Waals surface area contributed by atoms with Gasteiger partial charge >= 0.3 is 5.97 Å². The van der Waals surface area contributed by atoms with Gasteiger partial charge in [0.2, 0.25) is 0 Å². The van der Waals surface area contributed by atoms with E-state index in [1.54, 1.807) is 0 Å². The molecule has 1 aromatic rings. The maximum atomic E-state index is 10.5. The van der Waals surface area contributed by atoms with Crippen LogP contribution >= 0.6 is 15.9 Å². The molecule has 0 saturated heterocycles. The van der Waals surface area contributed by atoms with E-state index < -0.39 is 10.9 Å². The number of carbonyl (C=O) groups is 1. The number of benzene rings is 1. The van der Waals surface area contributed by atoms with E-state index in [-0.39, 0.29) is 11.3 Å². The number of hydrogen-bond acceptors (Lipinski definition) is 3. The summed E-state index contributed by atoms with van der Waals surface area (Å²) in [6.07, 6.45) is 0. The lowest BCUT2D eigenvalue weighted by Gasteiger charge is -1.96. The normalized spacial score (nSPS) is 8.73. The second-order valence-corrected chi connectivity index (χ2v) is 3.18. The molecule has 0 aliphatic rings. The second-order valence-electron chi connectivity index (χ2n) is 2.26. The Kier molecular flexibility index (Phi) is 5.54. The average Bonchev–Trinajstić information content (AvgIpc) is 2.19. The van der Waals surface area contributed by atoms with Crippen LogP contribution in [0.5, 0.6) is 0 Å². The van der Waals surface area contributed by atoms with Gasteiger partial charge in [-0.1, -0.05) is 29.8 Å². The van der Waals surface area contributed by atoms with Crippen molar-refractivity contribution in [3.63, 3.8) is 0 Å². The Morgan fingerprint density at radius 2 is 1.93 bits per heavy atom. The molecule has 0 spiro atoms. The lowest BCUT2D eigenvalue weighted by molar-refractivity contribution is -0.385. The molecule has 0 aliphatic heterocycles. The van der Waals surface area contributed by atoms with E-state index in [9.17, 15) is 14.9 Å². The molecule has 0 radical (unpaired) electrons. The summed E-state index contributed by atoms with van der Waals surface area (Å²) >= 11 is 2.98. The number of nitrogens with zero attached hydrogens (tertiary/aromatic N) is 1. The molecule has 6 heteroatoms. The number of nitro benzene ring substituents is 1. The summed E-state index contributed by atoms with van der Waals surface area (Å²) in [7, 11) is 0. The number of non-ortho nitro benzene ring substituents is 1. The molecule has 0 amide bonds. The second kappa shape index (κ2) is 6.13. The molecule has 0 bridgehead atoms. The van der Waals surface area contributed by atoms with E-state index in [1.165, 1.54) is 12.1 Å². The van der Waals surface area contributed by atoms with Gasteiger partial charge in [-0.25, -0.2) is 4.79 Å². The minimum Gasteiger partial charge on any atom is -0.478 e. The molecule has 0 saturated carbocycles. The first-order valence-corrected chi connectivity index (χ1v) is 4.98. The molecular weight excluding hydrogens is 266 g/mol. The van der Waals surface area contributed by atoms with Crippen molar-refractivity contribution >= 4 is 27.6 Å². The van der Waals surface area contributed by atoms with Gasteiger partial charge in [-0.15, -0.1) is 0 Å². The summed E-state index contributed by atoms with van der Waals surface area (Å²) in [5, 5.41) is 18.9. The van der Waals surface area contributed by atoms with E-state index >= 15 is 0 Å². The van der Waals surface area contributed by atoms with E-state index in [2.05, 4.69) is 15.9 Å². The molecule has 1 rings (SSSR count). The molecule has 5 nitrogen and oxygen atoms in total. The van der Waals surface area contributed by atoms with Gasteiger partial charge in [0.1, 0.15) is 0 Å². The zero-order chi connectivity index (χ0) is 12.0. The Labute approximate surface area is 95.0 Å². The highest BCUT2D eigenvalue weighted by molar-refractivity contribution is 9.10. The standard InChI is InChI=1S/C7H4BrNO4.C2H6/c8-5-1-4(7(10)11)2-6(3-5)9(12)13;1-2/h1-3H,(H,10,11);1-2H3. The van der Waals surface area contributed by atoms with Crippen LogP contribution in [0.15, 0.2) is 22.7 Å². The topological polar surface area (TPSA) is 80.4 Å². The highest BCUT2D eigenvalue weighted by Gasteiger charge is 2.12. The van der Waals surface area contributed by atoms with E-state index in [0.29, 0.717) is 4.47 Å². The summed E-state index contributed by atoms with van der Waals surface area (Å²) in [4.78, 5) is 20.2. The molecule has 0 aromatic heterocycles. The van der Waals surface area contributed by atoms with Crippen molar-refractivity contribution < 1.29 is 14.8 Å². The highest BCUT2D eigenvalue weighted by atomic mass is 79.9. The molecule has 0 fully saturated rings. The van der Waals surface area contributed by atoms with Crippen LogP contribution in [0, 0.1) is 10.1 Å². The third-order valence-electron chi connectivity index (χ3n) is 1.34. The Morgan fingerprint density at radius 1 is 1.40 bits per heavy atom. The first-order valence-electron chi connectivity index (χ1n) is 4.19. The number of hydrogen-bond donors (Lipinski definition) is 1. The Hall–Kier alpha value is -1.43. The van der Waals surface area contributed by atoms with Gasteiger partial charge in [0.05, 0.1) is 10.5 Å². The molecule has 0 heterocycles. The van der Waals surface area contributed by atoms with Crippen LogP contribution in [0.1, 0.15) is 24.2 Å². The number of rotatable bonds is 2. The largest absolute Gasteiger partial charge is 0.478 e. The number of nitro groups is 1. The summed E-state index contributed by atoms with van der Waals surface area (Å²) in [5.74, 6) is -1.19. The van der Waals surface area contributed by atoms with Gasteiger partial charge in [0.15, 0.2) is 0 Å². The van der Waals surface area contributed by atoms with Crippen molar-refractivity contribution in [3.8, 4) is 0 Å². The highest BCUT2D eigenvalue weighted by Crippen LogP contribution is 2.21. The quantitative estimate of drug-likeness (QED) is 0.664. The third-order valence-corrected chi connectivity index (χ3v) is 1.80. The number of carboxylic acids is 1. The fraction of sp³-hybridized carbons (Fsp3) is 0.222. The van der Waals surface area contributed by atoms with Gasteiger partial charge < -0.3 is 5.11 Å². The van der Waals surface area contributed by atoms with Crippen LogP contribution in [-0.2, 0) is 0 Å². The molecule has 0 aliphatic carbocycles. The van der Waals surface area contributed by atoms with Crippen LogP contribution in [0.3, 0.4) is 0 Å². The Morgan fingerprint density at radius 3 is 2.33 bits per heavy atom. The van der Waals surface area contributed by atoms with Gasteiger partial charge in [-0.2, -0.15) is 0 Å². The first-order chi connectivity index (χ1) is 7.00. The summed E-state index contributed by atoms with van der Waals surface area (Å²) in [6, 6.07) is 3.55. The summed E-state index contributed by atoms with van der Waals surface area (Å²) in [5.41, 5.74) is -0.354. The minimum absolute atomic E-state index is 0.110. The van der Waals surface area contributed by atoms with Crippen molar-refractivity contribution in [2.75, 3.05) is 0 Å². The number of aromatic carboxylic acids is 1. The van der Waals surface area contributed by atoms with Gasteiger partial charge in [-0.3, -0.25) is 10.1 Å². The SMILES string of the molecule is CC.O=C(O)c1cc(Br)cc([N+](=O)[O-])c1. The Bertz CT molecular complexity index is 346. The van der Waals surface area contributed by atoms with Crippen molar-refractivity contribution in [3.05, 3.63) is 38.3 Å². The van der Waals surface area contributed by atoms with E-state index in [1.807, 2.05) is 13.8 Å². The number of halogens is 1. The Balaban J connectivity index is 0.000000921. The molecule has 0 unspecified atom stereocenters. The van der Waals surface area contributed by atoms with Crippen LogP contribution in [0.2, 0.25) is 0 Å². The van der Waals surface area contributed by atoms with E-state index in [4.69, 9.17) is 5.11 Å². The average molecular weight is 276 g/mol. The lowest BCUT2D eigenvalue weighted by atomic mass is 10.2. The van der Waals surface area contributed by atoms with Crippen LogP contribution in [0.25, 0.3) is 0 Å². The predicted octanol–water partition coefficient (Wildman–Crippen LogP) is 3.08. The van der Waals surface area contributed by atoms with Crippen LogP contribution in [-0.4, -0.2) is 16.0 Å². The monoisotopic (exact) mass is 275 g/mol. The van der Waals surface area contributed by atoms with Crippen LogP contribution < -0.4 is 0 Å². The molecular formula is C9H10BrNO4. The predicted molar refractivity (Wildman–Crippen MR) is 59.1 cm³/mol. The fourth-order valence-electron chi connectivity index (χ4n) is 0.803. The zero-order valence-corrected chi connectivity index (χ0v) is 9.82. The van der Waals surface area contributed by atoms with Crippen molar-refractivity contribution in [2.24, 2.45) is 0 Å². The lowest BCUT2D eigenvalue weighted by Crippen LogP contribution is -1.98. The smallest absolute Gasteiger partial charge is 0.335 e. The number of carboxylic acid groups (broad SMARTS) is 1. The van der Waals surface area contributed by atoms with E-state index in [0.717, 1.165) is 6.07 Å². The first kappa shape index (κ1) is 13.6.